The van der Waals surface area contributed by atoms with Gasteiger partial charge in [-0.25, -0.2) is 9.97 Å². The third kappa shape index (κ3) is 2.93. The lowest BCUT2D eigenvalue weighted by Gasteiger charge is -2.06. The average molecular weight is 321 g/mol. The Morgan fingerprint density at radius 3 is 3.00 bits per heavy atom. The van der Waals surface area contributed by atoms with E-state index in [0.29, 0.717) is 16.7 Å². The van der Waals surface area contributed by atoms with E-state index in [1.54, 1.807) is 12.1 Å². The molecule has 0 atom stereocenters. The molecule has 106 valence electrons. The van der Waals surface area contributed by atoms with Gasteiger partial charge in [0.25, 0.3) is 5.69 Å². The van der Waals surface area contributed by atoms with Crippen LogP contribution in [-0.4, -0.2) is 14.9 Å². The van der Waals surface area contributed by atoms with Crippen molar-refractivity contribution in [1.82, 2.24) is 9.97 Å². The Bertz CT molecular complexity index is 821. The maximum atomic E-state index is 10.8. The number of aromatic nitrogens is 2. The van der Waals surface area contributed by atoms with Crippen LogP contribution in [0.1, 0.15) is 5.56 Å². The minimum atomic E-state index is -0.412. The summed E-state index contributed by atoms with van der Waals surface area (Å²) in [6.07, 6.45) is 1.46. The summed E-state index contributed by atoms with van der Waals surface area (Å²) in [6, 6.07) is 8.28. The molecular weight excluding hydrogens is 312 g/mol. The summed E-state index contributed by atoms with van der Waals surface area (Å²) in [5, 5.41) is 14.8. The fourth-order valence-corrected chi connectivity index (χ4v) is 2.99. The van der Waals surface area contributed by atoms with E-state index in [9.17, 15) is 10.1 Å². The Hall–Kier alpha value is -2.25. The monoisotopic (exact) mass is 320 g/mol. The van der Waals surface area contributed by atoms with Crippen molar-refractivity contribution in [3.8, 4) is 0 Å². The van der Waals surface area contributed by atoms with Gasteiger partial charge in [0.05, 0.1) is 14.6 Å². The predicted molar refractivity (Wildman–Crippen MR) is 82.8 cm³/mol. The van der Waals surface area contributed by atoms with E-state index in [2.05, 4.69) is 15.3 Å². The number of nitro benzene ring substituents is 1. The molecule has 0 saturated heterocycles. The van der Waals surface area contributed by atoms with Gasteiger partial charge in [-0.15, -0.1) is 11.3 Å². The molecule has 0 spiro atoms. The summed E-state index contributed by atoms with van der Waals surface area (Å²) in [7, 11) is 0. The molecule has 0 aliphatic carbocycles. The third-order valence-electron chi connectivity index (χ3n) is 2.88. The van der Waals surface area contributed by atoms with E-state index < -0.39 is 4.92 Å². The molecule has 1 N–H and O–H groups in total. The van der Waals surface area contributed by atoms with Crippen molar-refractivity contribution in [3.05, 3.63) is 56.7 Å². The van der Waals surface area contributed by atoms with Gasteiger partial charge in [-0.2, -0.15) is 0 Å². The van der Waals surface area contributed by atoms with Crippen LogP contribution in [0.4, 0.5) is 11.5 Å². The second kappa shape index (κ2) is 5.63. The van der Waals surface area contributed by atoms with Crippen molar-refractivity contribution in [3.63, 3.8) is 0 Å². The minimum Gasteiger partial charge on any atom is -0.365 e. The molecule has 0 saturated carbocycles. The van der Waals surface area contributed by atoms with Gasteiger partial charge >= 0.3 is 0 Å². The number of nitrogens with zero attached hydrogens (tertiary/aromatic N) is 3. The number of benzene rings is 1. The van der Waals surface area contributed by atoms with Gasteiger partial charge in [-0.1, -0.05) is 23.7 Å². The predicted octanol–water partition coefficient (Wildman–Crippen LogP) is 3.87. The quantitative estimate of drug-likeness (QED) is 0.583. The molecule has 6 nitrogen and oxygen atoms in total. The lowest BCUT2D eigenvalue weighted by molar-refractivity contribution is -0.384. The van der Waals surface area contributed by atoms with Gasteiger partial charge < -0.3 is 5.32 Å². The number of non-ortho nitro benzene ring substituents is 1. The number of thiophene rings is 1. The molecule has 0 amide bonds. The highest BCUT2D eigenvalue weighted by atomic mass is 35.5. The van der Waals surface area contributed by atoms with Crippen LogP contribution in [0, 0.1) is 10.1 Å². The molecule has 1 aromatic carbocycles. The number of fused-ring (bicyclic) bond motifs is 1. The fourth-order valence-electron chi connectivity index (χ4n) is 1.93. The summed E-state index contributed by atoms with van der Waals surface area (Å²) in [5.74, 6) is 0.662. The maximum Gasteiger partial charge on any atom is 0.269 e. The van der Waals surface area contributed by atoms with Crippen LogP contribution in [0.3, 0.4) is 0 Å². The zero-order valence-corrected chi connectivity index (χ0v) is 12.2. The SMILES string of the molecule is O=[N+]([O-])c1cccc(CNc2ncnc3sc(Cl)cc23)c1. The summed E-state index contributed by atoms with van der Waals surface area (Å²) < 4.78 is 0.642. The zero-order chi connectivity index (χ0) is 14.8. The van der Waals surface area contributed by atoms with Gasteiger partial charge in [-0.05, 0) is 11.6 Å². The Kier molecular flexibility index (Phi) is 3.68. The minimum absolute atomic E-state index is 0.0701. The molecule has 0 bridgehead atoms. The molecule has 3 aromatic rings. The number of nitrogens with one attached hydrogen (secondary N) is 1. The Balaban J connectivity index is 1.83. The average Bonchev–Trinajstić information content (AvgIpc) is 2.86. The van der Waals surface area contributed by atoms with Crippen LogP contribution in [0.25, 0.3) is 10.2 Å². The first-order chi connectivity index (χ1) is 10.1. The van der Waals surface area contributed by atoms with Crippen molar-refractivity contribution in [1.29, 1.82) is 0 Å². The Morgan fingerprint density at radius 1 is 1.33 bits per heavy atom. The molecule has 0 fully saturated rings. The highest BCUT2D eigenvalue weighted by Gasteiger charge is 2.09. The zero-order valence-electron chi connectivity index (χ0n) is 10.6. The summed E-state index contributed by atoms with van der Waals surface area (Å²) in [6.45, 7) is 0.432. The van der Waals surface area contributed by atoms with E-state index in [0.717, 1.165) is 15.8 Å². The molecule has 0 aliphatic heterocycles. The second-order valence-corrected chi connectivity index (χ2v) is 5.93. The first-order valence-corrected chi connectivity index (χ1v) is 7.20. The van der Waals surface area contributed by atoms with Crippen LogP contribution in [0.15, 0.2) is 36.7 Å². The summed E-state index contributed by atoms with van der Waals surface area (Å²) in [4.78, 5) is 19.5. The lowest BCUT2D eigenvalue weighted by Crippen LogP contribution is -2.02. The lowest BCUT2D eigenvalue weighted by atomic mass is 10.2. The molecule has 3 rings (SSSR count). The highest BCUT2D eigenvalue weighted by molar-refractivity contribution is 7.22. The van der Waals surface area contributed by atoms with E-state index >= 15 is 0 Å². The number of hydrogen-bond donors (Lipinski definition) is 1. The van der Waals surface area contributed by atoms with Crippen molar-refractivity contribution >= 4 is 44.7 Å². The van der Waals surface area contributed by atoms with Crippen LogP contribution in [0.2, 0.25) is 4.34 Å². The first-order valence-electron chi connectivity index (χ1n) is 6.01. The van der Waals surface area contributed by atoms with Gasteiger partial charge in [0.2, 0.25) is 0 Å². The standard InChI is InChI=1S/C13H9ClN4O2S/c14-11-5-10-12(16-7-17-13(10)21-11)15-6-8-2-1-3-9(4-8)18(19)20/h1-5,7H,6H2,(H,15,16,17). The number of rotatable bonds is 4. The molecule has 0 unspecified atom stereocenters. The van der Waals surface area contributed by atoms with Gasteiger partial charge in [-0.3, -0.25) is 10.1 Å². The van der Waals surface area contributed by atoms with Gasteiger partial charge in [0.15, 0.2) is 0 Å². The molecule has 2 heterocycles. The largest absolute Gasteiger partial charge is 0.365 e. The van der Waals surface area contributed by atoms with Crippen LogP contribution < -0.4 is 5.32 Å². The Labute approximate surface area is 128 Å². The Morgan fingerprint density at radius 2 is 2.19 bits per heavy atom. The van der Waals surface area contributed by atoms with Gasteiger partial charge in [0.1, 0.15) is 17.0 Å². The number of anilines is 1. The number of hydrogen-bond acceptors (Lipinski definition) is 6. The van der Waals surface area contributed by atoms with E-state index in [-0.39, 0.29) is 5.69 Å². The molecule has 0 radical (unpaired) electrons. The highest BCUT2D eigenvalue weighted by Crippen LogP contribution is 2.31. The number of nitro groups is 1. The van der Waals surface area contributed by atoms with Crippen molar-refractivity contribution in [2.75, 3.05) is 5.32 Å². The summed E-state index contributed by atoms with van der Waals surface area (Å²) in [5.41, 5.74) is 0.873. The maximum absolute atomic E-state index is 10.8. The van der Waals surface area contributed by atoms with Gasteiger partial charge in [0, 0.05) is 18.7 Å². The van der Waals surface area contributed by atoms with E-state index in [1.165, 1.54) is 29.8 Å². The fraction of sp³-hybridized carbons (Fsp3) is 0.0769. The molecule has 21 heavy (non-hydrogen) atoms. The molecule has 2 aromatic heterocycles. The van der Waals surface area contributed by atoms with Crippen LogP contribution in [0.5, 0.6) is 0 Å². The molecule has 8 heteroatoms. The van der Waals surface area contributed by atoms with Crippen molar-refractivity contribution in [2.24, 2.45) is 0 Å². The van der Waals surface area contributed by atoms with E-state index in [4.69, 9.17) is 11.6 Å². The summed E-state index contributed by atoms with van der Waals surface area (Å²) >= 11 is 7.36. The van der Waals surface area contributed by atoms with Crippen LogP contribution >= 0.6 is 22.9 Å². The first kappa shape index (κ1) is 13.7. The third-order valence-corrected chi connectivity index (χ3v) is 4.05. The topological polar surface area (TPSA) is 81.0 Å². The van der Waals surface area contributed by atoms with E-state index in [1.807, 2.05) is 6.07 Å². The normalized spacial score (nSPS) is 10.7. The second-order valence-electron chi connectivity index (χ2n) is 4.27. The van der Waals surface area contributed by atoms with Crippen molar-refractivity contribution < 1.29 is 4.92 Å². The van der Waals surface area contributed by atoms with Crippen LogP contribution in [-0.2, 0) is 6.54 Å². The molecular formula is C13H9ClN4O2S. The smallest absolute Gasteiger partial charge is 0.269 e. The number of halogens is 1. The van der Waals surface area contributed by atoms with Crippen molar-refractivity contribution in [2.45, 2.75) is 6.54 Å². The molecule has 0 aliphatic rings.